The van der Waals surface area contributed by atoms with Crippen molar-refractivity contribution in [2.75, 3.05) is 0 Å². The third-order valence-corrected chi connectivity index (χ3v) is 3.37. The van der Waals surface area contributed by atoms with Crippen molar-refractivity contribution in [3.8, 4) is 12.3 Å². The van der Waals surface area contributed by atoms with Crippen molar-refractivity contribution in [1.82, 2.24) is 0 Å². The van der Waals surface area contributed by atoms with Crippen molar-refractivity contribution in [1.29, 1.82) is 0 Å². The lowest BCUT2D eigenvalue weighted by molar-refractivity contribution is -0.145. The third kappa shape index (κ3) is 2.51. The van der Waals surface area contributed by atoms with Crippen LogP contribution >= 0.6 is 0 Å². The highest BCUT2D eigenvalue weighted by molar-refractivity contribution is 5.70. The van der Waals surface area contributed by atoms with Crippen molar-refractivity contribution in [2.45, 2.75) is 39.0 Å². The fraction of sp³-hybridized carbons (Fsp3) is 0.750. The third-order valence-electron chi connectivity index (χ3n) is 3.37. The highest BCUT2D eigenvalue weighted by atomic mass is 16.4. The summed E-state index contributed by atoms with van der Waals surface area (Å²) in [7, 11) is 0. The van der Waals surface area contributed by atoms with Gasteiger partial charge in [-0.2, -0.15) is 0 Å². The van der Waals surface area contributed by atoms with Gasteiger partial charge in [0.05, 0.1) is 5.92 Å². The van der Waals surface area contributed by atoms with Gasteiger partial charge in [-0.15, -0.1) is 12.3 Å². The van der Waals surface area contributed by atoms with Gasteiger partial charge >= 0.3 is 5.97 Å². The molecule has 0 radical (unpaired) electrons. The van der Waals surface area contributed by atoms with Crippen LogP contribution in [0.5, 0.6) is 0 Å². The molecule has 0 saturated heterocycles. The van der Waals surface area contributed by atoms with Gasteiger partial charge in [-0.05, 0) is 31.1 Å². The minimum atomic E-state index is -0.667. The second-order valence-electron chi connectivity index (χ2n) is 4.20. The van der Waals surface area contributed by atoms with Gasteiger partial charge in [0, 0.05) is 6.42 Å². The molecule has 78 valence electrons. The molecule has 0 aromatic heterocycles. The summed E-state index contributed by atoms with van der Waals surface area (Å²) in [5.74, 6) is 2.63. The van der Waals surface area contributed by atoms with Crippen LogP contribution in [0.3, 0.4) is 0 Å². The number of carbonyl (C=O) groups is 1. The Balaban J connectivity index is 2.61. The summed E-state index contributed by atoms with van der Waals surface area (Å²) in [6.45, 7) is 2.17. The second kappa shape index (κ2) is 5.05. The van der Waals surface area contributed by atoms with E-state index in [4.69, 9.17) is 11.5 Å². The van der Waals surface area contributed by atoms with Crippen LogP contribution in [0.15, 0.2) is 0 Å². The molecule has 1 aliphatic rings. The Hall–Kier alpha value is -0.970. The Morgan fingerprint density at radius 2 is 2.29 bits per heavy atom. The van der Waals surface area contributed by atoms with Crippen LogP contribution < -0.4 is 0 Å². The van der Waals surface area contributed by atoms with E-state index in [-0.39, 0.29) is 11.8 Å². The van der Waals surface area contributed by atoms with Crippen molar-refractivity contribution in [3.63, 3.8) is 0 Å². The normalized spacial score (nSPS) is 32.1. The molecule has 0 spiro atoms. The molecule has 1 fully saturated rings. The van der Waals surface area contributed by atoms with Crippen LogP contribution in [0.2, 0.25) is 0 Å². The maximum atomic E-state index is 11.0. The molecule has 1 saturated carbocycles. The van der Waals surface area contributed by atoms with E-state index in [0.717, 1.165) is 25.7 Å². The Kier molecular flexibility index (Phi) is 4.00. The highest BCUT2D eigenvalue weighted by Gasteiger charge is 2.33. The summed E-state index contributed by atoms with van der Waals surface area (Å²) in [4.78, 5) is 11.0. The molecule has 3 atom stereocenters. The first-order valence-corrected chi connectivity index (χ1v) is 5.35. The molecule has 0 heterocycles. The van der Waals surface area contributed by atoms with E-state index in [1.54, 1.807) is 0 Å². The van der Waals surface area contributed by atoms with Gasteiger partial charge in [0.25, 0.3) is 0 Å². The van der Waals surface area contributed by atoms with Crippen molar-refractivity contribution < 1.29 is 9.90 Å². The van der Waals surface area contributed by atoms with Gasteiger partial charge in [-0.25, -0.2) is 0 Å². The molecule has 14 heavy (non-hydrogen) atoms. The summed E-state index contributed by atoms with van der Waals surface area (Å²) >= 11 is 0. The summed E-state index contributed by atoms with van der Waals surface area (Å²) < 4.78 is 0. The van der Waals surface area contributed by atoms with E-state index in [1.807, 2.05) is 0 Å². The van der Waals surface area contributed by atoms with E-state index in [1.165, 1.54) is 0 Å². The van der Waals surface area contributed by atoms with Crippen LogP contribution in [0.25, 0.3) is 0 Å². The van der Waals surface area contributed by atoms with Crippen molar-refractivity contribution in [2.24, 2.45) is 17.8 Å². The summed E-state index contributed by atoms with van der Waals surface area (Å²) in [6, 6.07) is 0. The van der Waals surface area contributed by atoms with Crippen LogP contribution in [-0.2, 0) is 4.79 Å². The monoisotopic (exact) mass is 194 g/mol. The number of hydrogen-bond acceptors (Lipinski definition) is 1. The smallest absolute Gasteiger partial charge is 0.306 e. The minimum absolute atomic E-state index is 0.200. The summed E-state index contributed by atoms with van der Waals surface area (Å²) in [5, 5.41) is 9.03. The average Bonchev–Trinajstić information content (AvgIpc) is 2.17. The van der Waals surface area contributed by atoms with Gasteiger partial charge in [-0.3, -0.25) is 4.79 Å². The first-order chi connectivity index (χ1) is 6.69. The number of rotatable bonds is 3. The van der Waals surface area contributed by atoms with Crippen LogP contribution in [0, 0.1) is 30.1 Å². The van der Waals surface area contributed by atoms with Gasteiger partial charge in [0.1, 0.15) is 0 Å². The summed E-state index contributed by atoms with van der Waals surface area (Å²) in [5.41, 5.74) is 0. The Bertz CT molecular complexity index is 239. The molecule has 1 aliphatic carbocycles. The topological polar surface area (TPSA) is 37.3 Å². The number of hydrogen-bond donors (Lipinski definition) is 1. The SMILES string of the molecule is C#CCC1CC(CC)CCC1C(=O)O. The molecule has 1 rings (SSSR count). The molecule has 0 bridgehead atoms. The number of carboxylic acid groups (broad SMARTS) is 1. The molecule has 2 heteroatoms. The maximum absolute atomic E-state index is 11.0. The molecular formula is C12H18O2. The maximum Gasteiger partial charge on any atom is 0.306 e. The van der Waals surface area contributed by atoms with Crippen LogP contribution in [-0.4, -0.2) is 11.1 Å². The molecule has 0 aliphatic heterocycles. The number of carboxylic acids is 1. The van der Waals surface area contributed by atoms with E-state index >= 15 is 0 Å². The fourth-order valence-corrected chi connectivity index (χ4v) is 2.43. The molecule has 1 N–H and O–H groups in total. The lowest BCUT2D eigenvalue weighted by atomic mass is 9.72. The van der Waals surface area contributed by atoms with Gasteiger partial charge < -0.3 is 5.11 Å². The zero-order valence-corrected chi connectivity index (χ0v) is 8.70. The van der Waals surface area contributed by atoms with Gasteiger partial charge in [0.2, 0.25) is 0 Å². The second-order valence-corrected chi connectivity index (χ2v) is 4.20. The number of aliphatic carboxylic acids is 1. The fourth-order valence-electron chi connectivity index (χ4n) is 2.43. The van der Waals surface area contributed by atoms with Crippen LogP contribution in [0.1, 0.15) is 39.0 Å². The standard InChI is InChI=1S/C12H18O2/c1-3-5-10-8-9(4-2)6-7-11(10)12(13)14/h1,9-11H,4-8H2,2H3,(H,13,14). The summed E-state index contributed by atoms with van der Waals surface area (Å²) in [6.07, 6.45) is 9.88. The Morgan fingerprint density at radius 1 is 1.57 bits per heavy atom. The molecular weight excluding hydrogens is 176 g/mol. The quantitative estimate of drug-likeness (QED) is 0.701. The van der Waals surface area contributed by atoms with Crippen molar-refractivity contribution >= 4 is 5.97 Å². The predicted octanol–water partition coefficient (Wildman–Crippen LogP) is 2.54. The zero-order chi connectivity index (χ0) is 10.6. The van der Waals surface area contributed by atoms with Crippen molar-refractivity contribution in [3.05, 3.63) is 0 Å². The average molecular weight is 194 g/mol. The lowest BCUT2D eigenvalue weighted by Crippen LogP contribution is -2.30. The predicted molar refractivity (Wildman–Crippen MR) is 55.7 cm³/mol. The van der Waals surface area contributed by atoms with Crippen LogP contribution in [0.4, 0.5) is 0 Å². The largest absolute Gasteiger partial charge is 0.481 e. The zero-order valence-electron chi connectivity index (χ0n) is 8.70. The molecule has 0 aromatic rings. The Morgan fingerprint density at radius 3 is 2.79 bits per heavy atom. The molecule has 3 unspecified atom stereocenters. The molecule has 0 amide bonds. The number of terminal acetylenes is 1. The minimum Gasteiger partial charge on any atom is -0.481 e. The molecule has 2 nitrogen and oxygen atoms in total. The molecule has 0 aromatic carbocycles. The highest BCUT2D eigenvalue weighted by Crippen LogP contribution is 2.37. The first kappa shape index (κ1) is 11.1. The van der Waals surface area contributed by atoms with Gasteiger partial charge in [0.15, 0.2) is 0 Å². The van der Waals surface area contributed by atoms with E-state index < -0.39 is 5.97 Å². The lowest BCUT2D eigenvalue weighted by Gasteiger charge is -2.32. The van der Waals surface area contributed by atoms with Gasteiger partial charge in [-0.1, -0.05) is 13.3 Å². The Labute approximate surface area is 85.7 Å². The van der Waals surface area contributed by atoms with E-state index in [9.17, 15) is 4.79 Å². The van der Waals surface area contributed by atoms with E-state index in [0.29, 0.717) is 12.3 Å². The van der Waals surface area contributed by atoms with E-state index in [2.05, 4.69) is 12.8 Å². The first-order valence-electron chi connectivity index (χ1n) is 5.35.